The molecular formula is C14H28N2. The highest BCUT2D eigenvalue weighted by Crippen LogP contribution is 2.49. The summed E-state index contributed by atoms with van der Waals surface area (Å²) in [4.78, 5) is 2.70. The van der Waals surface area contributed by atoms with E-state index in [1.54, 1.807) is 0 Å². The lowest BCUT2D eigenvalue weighted by Gasteiger charge is -2.41. The average Bonchev–Trinajstić information content (AvgIpc) is 2.98. The summed E-state index contributed by atoms with van der Waals surface area (Å²) in [6.07, 6.45) is 4.30. The molecule has 0 spiro atoms. The van der Waals surface area contributed by atoms with E-state index in [-0.39, 0.29) is 0 Å². The lowest BCUT2D eigenvalue weighted by atomic mass is 9.85. The SMILES string of the molecule is CCC1(CN2CCNC(C(C)(C)C)C2)CC1. The van der Waals surface area contributed by atoms with E-state index in [2.05, 4.69) is 37.9 Å². The Morgan fingerprint density at radius 3 is 2.50 bits per heavy atom. The van der Waals surface area contributed by atoms with Gasteiger partial charge in [0, 0.05) is 32.2 Å². The van der Waals surface area contributed by atoms with Crippen LogP contribution in [0.15, 0.2) is 0 Å². The van der Waals surface area contributed by atoms with E-state index in [4.69, 9.17) is 0 Å². The molecular weight excluding hydrogens is 196 g/mol. The number of hydrogen-bond donors (Lipinski definition) is 1. The highest BCUT2D eigenvalue weighted by molar-refractivity contribution is 4.96. The predicted octanol–water partition coefficient (Wildman–Crippen LogP) is 2.50. The van der Waals surface area contributed by atoms with Gasteiger partial charge in [0.05, 0.1) is 0 Å². The van der Waals surface area contributed by atoms with Crippen molar-refractivity contribution in [2.45, 2.75) is 53.0 Å². The number of nitrogens with zero attached hydrogens (tertiary/aromatic N) is 1. The summed E-state index contributed by atoms with van der Waals surface area (Å²) < 4.78 is 0. The second-order valence-electron chi connectivity index (χ2n) is 6.96. The molecule has 16 heavy (non-hydrogen) atoms. The molecule has 1 aliphatic carbocycles. The molecule has 1 unspecified atom stereocenters. The fourth-order valence-corrected chi connectivity index (χ4v) is 2.81. The van der Waals surface area contributed by atoms with Gasteiger partial charge >= 0.3 is 0 Å². The second-order valence-corrected chi connectivity index (χ2v) is 6.96. The molecule has 1 saturated carbocycles. The second kappa shape index (κ2) is 4.30. The smallest absolute Gasteiger partial charge is 0.0244 e. The lowest BCUT2D eigenvalue weighted by Crippen LogP contribution is -2.56. The van der Waals surface area contributed by atoms with E-state index >= 15 is 0 Å². The van der Waals surface area contributed by atoms with Crippen LogP contribution in [-0.4, -0.2) is 37.1 Å². The van der Waals surface area contributed by atoms with Gasteiger partial charge in [-0.2, -0.15) is 0 Å². The predicted molar refractivity (Wildman–Crippen MR) is 69.6 cm³/mol. The van der Waals surface area contributed by atoms with Crippen molar-refractivity contribution in [3.63, 3.8) is 0 Å². The van der Waals surface area contributed by atoms with Gasteiger partial charge in [0.15, 0.2) is 0 Å². The molecule has 1 N–H and O–H groups in total. The molecule has 2 aliphatic rings. The zero-order chi connectivity index (χ0) is 11.8. The van der Waals surface area contributed by atoms with E-state index in [1.807, 2.05) is 0 Å². The fourth-order valence-electron chi connectivity index (χ4n) is 2.81. The summed E-state index contributed by atoms with van der Waals surface area (Å²) in [5, 5.41) is 3.67. The monoisotopic (exact) mass is 224 g/mol. The summed E-state index contributed by atoms with van der Waals surface area (Å²) in [5.74, 6) is 0. The first kappa shape index (κ1) is 12.4. The summed E-state index contributed by atoms with van der Waals surface area (Å²) in [6, 6.07) is 0.661. The third-order valence-electron chi connectivity index (χ3n) is 4.57. The summed E-state index contributed by atoms with van der Waals surface area (Å²) >= 11 is 0. The largest absolute Gasteiger partial charge is 0.311 e. The van der Waals surface area contributed by atoms with Crippen LogP contribution in [-0.2, 0) is 0 Å². The Hall–Kier alpha value is -0.0800. The van der Waals surface area contributed by atoms with Crippen molar-refractivity contribution in [3.05, 3.63) is 0 Å². The lowest BCUT2D eigenvalue weighted by molar-refractivity contribution is 0.114. The first-order chi connectivity index (χ1) is 7.45. The van der Waals surface area contributed by atoms with Gasteiger partial charge in [-0.1, -0.05) is 27.7 Å². The number of rotatable bonds is 3. The third-order valence-corrected chi connectivity index (χ3v) is 4.57. The third kappa shape index (κ3) is 2.78. The molecule has 2 heteroatoms. The minimum atomic E-state index is 0.390. The van der Waals surface area contributed by atoms with Gasteiger partial charge in [0.1, 0.15) is 0 Å². The average molecular weight is 224 g/mol. The maximum Gasteiger partial charge on any atom is 0.0244 e. The first-order valence-corrected chi connectivity index (χ1v) is 6.91. The van der Waals surface area contributed by atoms with E-state index in [9.17, 15) is 0 Å². The Bertz CT molecular complexity index is 238. The minimum Gasteiger partial charge on any atom is -0.311 e. The molecule has 0 aromatic carbocycles. The molecule has 1 saturated heterocycles. The van der Waals surface area contributed by atoms with E-state index in [0.29, 0.717) is 16.9 Å². The Morgan fingerprint density at radius 1 is 1.31 bits per heavy atom. The Kier molecular flexibility index (Phi) is 3.33. The molecule has 2 nitrogen and oxygen atoms in total. The molecule has 0 radical (unpaired) electrons. The highest BCUT2D eigenvalue weighted by Gasteiger charge is 2.43. The van der Waals surface area contributed by atoms with Crippen molar-refractivity contribution >= 4 is 0 Å². The van der Waals surface area contributed by atoms with Crippen molar-refractivity contribution < 1.29 is 0 Å². The van der Waals surface area contributed by atoms with Crippen molar-refractivity contribution in [1.29, 1.82) is 0 Å². The van der Waals surface area contributed by atoms with Crippen molar-refractivity contribution in [2.75, 3.05) is 26.2 Å². The van der Waals surface area contributed by atoms with Crippen molar-refractivity contribution in [3.8, 4) is 0 Å². The van der Waals surface area contributed by atoms with Crippen LogP contribution in [0.3, 0.4) is 0 Å². The van der Waals surface area contributed by atoms with Crippen LogP contribution in [0.5, 0.6) is 0 Å². The molecule has 1 aliphatic heterocycles. The van der Waals surface area contributed by atoms with Gasteiger partial charge in [-0.15, -0.1) is 0 Å². The Labute approximate surface area is 101 Å². The van der Waals surface area contributed by atoms with Crippen LogP contribution >= 0.6 is 0 Å². The molecule has 1 heterocycles. The highest BCUT2D eigenvalue weighted by atomic mass is 15.2. The zero-order valence-electron chi connectivity index (χ0n) is 11.5. The minimum absolute atomic E-state index is 0.390. The topological polar surface area (TPSA) is 15.3 Å². The molecule has 94 valence electrons. The maximum absolute atomic E-state index is 3.67. The zero-order valence-corrected chi connectivity index (χ0v) is 11.5. The Balaban J connectivity index is 1.87. The fraction of sp³-hybridized carbons (Fsp3) is 1.00. The van der Waals surface area contributed by atoms with Crippen LogP contribution in [0.2, 0.25) is 0 Å². The molecule has 1 atom stereocenters. The Morgan fingerprint density at radius 2 is 2.00 bits per heavy atom. The molecule has 0 aromatic heterocycles. The quantitative estimate of drug-likeness (QED) is 0.792. The van der Waals surface area contributed by atoms with E-state index in [0.717, 1.165) is 0 Å². The first-order valence-electron chi connectivity index (χ1n) is 6.91. The van der Waals surface area contributed by atoms with Gasteiger partial charge in [-0.05, 0) is 30.1 Å². The van der Waals surface area contributed by atoms with E-state index in [1.165, 1.54) is 45.4 Å². The van der Waals surface area contributed by atoms with Gasteiger partial charge in [0.25, 0.3) is 0 Å². The van der Waals surface area contributed by atoms with Gasteiger partial charge in [-0.25, -0.2) is 0 Å². The molecule has 0 amide bonds. The van der Waals surface area contributed by atoms with E-state index < -0.39 is 0 Å². The number of hydrogen-bond acceptors (Lipinski definition) is 2. The van der Waals surface area contributed by atoms with Gasteiger partial charge in [-0.3, -0.25) is 4.90 Å². The molecule has 0 aromatic rings. The van der Waals surface area contributed by atoms with Crippen LogP contribution in [0.25, 0.3) is 0 Å². The summed E-state index contributed by atoms with van der Waals surface area (Å²) in [5.41, 5.74) is 1.10. The van der Waals surface area contributed by atoms with Gasteiger partial charge < -0.3 is 5.32 Å². The molecule has 2 fully saturated rings. The molecule has 2 rings (SSSR count). The van der Waals surface area contributed by atoms with Crippen LogP contribution in [0.1, 0.15) is 47.0 Å². The van der Waals surface area contributed by atoms with Crippen LogP contribution in [0, 0.1) is 10.8 Å². The standard InChI is InChI=1S/C14H28N2/c1-5-14(6-7-14)11-16-9-8-15-12(10-16)13(2,3)4/h12,15H,5-11H2,1-4H3. The summed E-state index contributed by atoms with van der Waals surface area (Å²) in [6.45, 7) is 14.4. The van der Waals surface area contributed by atoms with Gasteiger partial charge in [0.2, 0.25) is 0 Å². The number of nitrogens with one attached hydrogen (secondary N) is 1. The normalized spacial score (nSPS) is 30.4. The van der Waals surface area contributed by atoms with Crippen LogP contribution in [0.4, 0.5) is 0 Å². The maximum atomic E-state index is 3.67. The van der Waals surface area contributed by atoms with Crippen molar-refractivity contribution in [1.82, 2.24) is 10.2 Å². The van der Waals surface area contributed by atoms with Crippen molar-refractivity contribution in [2.24, 2.45) is 10.8 Å². The summed E-state index contributed by atoms with van der Waals surface area (Å²) in [7, 11) is 0. The van der Waals surface area contributed by atoms with Crippen LogP contribution < -0.4 is 5.32 Å². The molecule has 0 bridgehead atoms. The number of piperazine rings is 1.